The summed E-state index contributed by atoms with van der Waals surface area (Å²) in [5.41, 5.74) is 3.47. The second-order valence-corrected chi connectivity index (χ2v) is 8.53. The third-order valence-electron chi connectivity index (χ3n) is 5.70. The molecule has 184 valence electrons. The van der Waals surface area contributed by atoms with Crippen LogP contribution in [0.3, 0.4) is 0 Å². The Balaban J connectivity index is 1.51. The topological polar surface area (TPSA) is 97.0 Å². The van der Waals surface area contributed by atoms with Crippen LogP contribution in [0.15, 0.2) is 71.4 Å². The van der Waals surface area contributed by atoms with Gasteiger partial charge in [-0.3, -0.25) is 14.4 Å². The van der Waals surface area contributed by atoms with Crippen molar-refractivity contribution in [2.24, 2.45) is 0 Å². The Morgan fingerprint density at radius 3 is 2.28 bits per heavy atom. The van der Waals surface area contributed by atoms with Gasteiger partial charge in [0.05, 0.1) is 25.6 Å². The number of anilines is 3. The number of hydrogen-bond acceptors (Lipinski definition) is 6. The number of methoxy groups -OCH3 is 2. The molecule has 0 atom stereocenters. The number of aryl methyl sites for hydroxylation is 2. The van der Waals surface area contributed by atoms with E-state index in [1.807, 2.05) is 26.0 Å². The summed E-state index contributed by atoms with van der Waals surface area (Å²) in [6.07, 6.45) is 0. The van der Waals surface area contributed by atoms with Gasteiger partial charge < -0.3 is 20.1 Å². The zero-order valence-corrected chi connectivity index (χ0v) is 20.9. The maximum absolute atomic E-state index is 13.1. The molecule has 1 heterocycles. The number of hydrogen-bond donors (Lipinski definition) is 2. The van der Waals surface area contributed by atoms with Gasteiger partial charge in [0, 0.05) is 17.3 Å². The van der Waals surface area contributed by atoms with Gasteiger partial charge >= 0.3 is 0 Å². The number of nitrogens with one attached hydrogen (secondary N) is 2. The van der Waals surface area contributed by atoms with Crippen LogP contribution in [0.5, 0.6) is 11.5 Å². The molecule has 0 aromatic heterocycles. The molecule has 0 fully saturated rings. The lowest BCUT2D eigenvalue weighted by Crippen LogP contribution is -2.32. The third-order valence-corrected chi connectivity index (χ3v) is 6.05. The maximum atomic E-state index is 13.1. The van der Waals surface area contributed by atoms with E-state index in [2.05, 4.69) is 10.6 Å². The molecule has 0 unspecified atom stereocenters. The number of nitrogens with zero attached hydrogens (tertiary/aromatic N) is 1. The van der Waals surface area contributed by atoms with Crippen molar-refractivity contribution in [1.82, 2.24) is 0 Å². The summed E-state index contributed by atoms with van der Waals surface area (Å²) in [4.78, 5) is 39.7. The van der Waals surface area contributed by atoms with Crippen molar-refractivity contribution in [1.29, 1.82) is 0 Å². The first-order valence-electron chi connectivity index (χ1n) is 11.0. The Kier molecular flexibility index (Phi) is 6.98. The minimum atomic E-state index is -0.596. The SMILES string of the molecule is COc1ccc(OC)c(NC(=O)c2ccc(NC3=C(Cl)C(=O)N(c4cc(C)ccc4C)C3=O)cc2)c1. The Morgan fingerprint density at radius 2 is 1.61 bits per heavy atom. The average molecular weight is 506 g/mol. The maximum Gasteiger partial charge on any atom is 0.283 e. The molecule has 1 aliphatic rings. The predicted molar refractivity (Wildman–Crippen MR) is 139 cm³/mol. The molecule has 36 heavy (non-hydrogen) atoms. The molecule has 2 N–H and O–H groups in total. The Hall–Kier alpha value is -4.30. The molecule has 3 aromatic rings. The number of rotatable bonds is 7. The van der Waals surface area contributed by atoms with Crippen LogP contribution in [0, 0.1) is 13.8 Å². The summed E-state index contributed by atoms with van der Waals surface area (Å²) >= 11 is 6.25. The monoisotopic (exact) mass is 505 g/mol. The average Bonchev–Trinajstić information content (AvgIpc) is 3.08. The second kappa shape index (κ2) is 10.1. The fourth-order valence-corrected chi connectivity index (χ4v) is 3.96. The van der Waals surface area contributed by atoms with Crippen molar-refractivity contribution in [2.75, 3.05) is 29.8 Å². The van der Waals surface area contributed by atoms with Crippen LogP contribution in [0.2, 0.25) is 0 Å². The van der Waals surface area contributed by atoms with E-state index in [-0.39, 0.29) is 16.6 Å². The van der Waals surface area contributed by atoms with E-state index >= 15 is 0 Å². The first kappa shape index (κ1) is 24.8. The molecule has 0 spiro atoms. The van der Waals surface area contributed by atoms with Crippen LogP contribution in [0.1, 0.15) is 21.5 Å². The van der Waals surface area contributed by atoms with Crippen LogP contribution < -0.4 is 25.0 Å². The summed E-state index contributed by atoms with van der Waals surface area (Å²) in [5.74, 6) is -0.450. The molecule has 0 aliphatic carbocycles. The van der Waals surface area contributed by atoms with Gasteiger partial charge in [0.2, 0.25) is 0 Å². The lowest BCUT2D eigenvalue weighted by Gasteiger charge is -2.18. The van der Waals surface area contributed by atoms with Crippen LogP contribution in [0.4, 0.5) is 17.1 Å². The van der Waals surface area contributed by atoms with Crippen LogP contribution in [0.25, 0.3) is 0 Å². The second-order valence-electron chi connectivity index (χ2n) is 8.15. The highest BCUT2D eigenvalue weighted by atomic mass is 35.5. The molecular weight excluding hydrogens is 482 g/mol. The van der Waals surface area contributed by atoms with Gasteiger partial charge in [0.15, 0.2) is 0 Å². The first-order chi connectivity index (χ1) is 17.2. The Bertz CT molecular complexity index is 1400. The van der Waals surface area contributed by atoms with Crippen molar-refractivity contribution in [3.63, 3.8) is 0 Å². The smallest absolute Gasteiger partial charge is 0.283 e. The van der Waals surface area contributed by atoms with Crippen molar-refractivity contribution in [3.8, 4) is 11.5 Å². The number of halogens is 1. The Labute approximate surface area is 213 Å². The number of imide groups is 1. The number of ether oxygens (including phenoxy) is 2. The fraction of sp³-hybridized carbons (Fsp3) is 0.148. The van der Waals surface area contributed by atoms with Gasteiger partial charge in [-0.25, -0.2) is 4.90 Å². The van der Waals surface area contributed by atoms with E-state index in [4.69, 9.17) is 21.1 Å². The fourth-order valence-electron chi connectivity index (χ4n) is 3.75. The van der Waals surface area contributed by atoms with Crippen molar-refractivity contribution in [3.05, 3.63) is 88.1 Å². The molecule has 0 saturated carbocycles. The van der Waals surface area contributed by atoms with Crippen LogP contribution in [-0.2, 0) is 9.59 Å². The minimum absolute atomic E-state index is 0.0270. The lowest BCUT2D eigenvalue weighted by molar-refractivity contribution is -0.120. The quantitative estimate of drug-likeness (QED) is 0.438. The predicted octanol–water partition coefficient (Wildman–Crippen LogP) is 5.01. The third kappa shape index (κ3) is 4.76. The standard InChI is InChI=1S/C27H24ClN3O5/c1-15-5-6-16(2)21(13-15)31-26(33)23(28)24(27(31)34)29-18-9-7-17(8-10-18)25(32)30-20-14-19(35-3)11-12-22(20)36-4/h5-14,29H,1-4H3,(H,30,32). The Morgan fingerprint density at radius 1 is 0.889 bits per heavy atom. The van der Waals surface area contributed by atoms with Gasteiger partial charge in [-0.05, 0) is 67.4 Å². The summed E-state index contributed by atoms with van der Waals surface area (Å²) in [6, 6.07) is 17.0. The molecule has 8 nitrogen and oxygen atoms in total. The van der Waals surface area contributed by atoms with Crippen LogP contribution >= 0.6 is 11.6 Å². The number of amides is 3. The van der Waals surface area contributed by atoms with Gasteiger partial charge in [-0.1, -0.05) is 23.7 Å². The van der Waals surface area contributed by atoms with Gasteiger partial charge in [-0.15, -0.1) is 0 Å². The zero-order chi connectivity index (χ0) is 26.0. The minimum Gasteiger partial charge on any atom is -0.497 e. The van der Waals surface area contributed by atoms with Crippen molar-refractivity contribution in [2.45, 2.75) is 13.8 Å². The summed E-state index contributed by atoms with van der Waals surface area (Å²) in [5, 5.41) is 5.52. The normalized spacial score (nSPS) is 13.2. The highest BCUT2D eigenvalue weighted by Crippen LogP contribution is 2.33. The first-order valence-corrected chi connectivity index (χ1v) is 11.4. The van der Waals surface area contributed by atoms with Crippen LogP contribution in [-0.4, -0.2) is 31.9 Å². The molecular formula is C27H24ClN3O5. The molecule has 0 saturated heterocycles. The molecule has 4 rings (SSSR count). The van der Waals surface area contributed by atoms with E-state index < -0.39 is 11.8 Å². The largest absolute Gasteiger partial charge is 0.497 e. The molecule has 3 amide bonds. The van der Waals surface area contributed by atoms with Crippen molar-refractivity contribution < 1.29 is 23.9 Å². The molecule has 0 radical (unpaired) electrons. The number of carbonyl (C=O) groups excluding carboxylic acids is 3. The summed E-state index contributed by atoms with van der Waals surface area (Å²) in [6.45, 7) is 3.70. The van der Waals surface area contributed by atoms with Gasteiger partial charge in [-0.2, -0.15) is 0 Å². The highest BCUT2D eigenvalue weighted by molar-refractivity contribution is 6.53. The number of carbonyl (C=O) groups is 3. The molecule has 0 bridgehead atoms. The number of benzene rings is 3. The molecule has 9 heteroatoms. The van der Waals surface area contributed by atoms with E-state index in [0.717, 1.165) is 16.0 Å². The van der Waals surface area contributed by atoms with Gasteiger partial charge in [0.1, 0.15) is 22.2 Å². The molecule has 1 aliphatic heterocycles. The zero-order valence-electron chi connectivity index (χ0n) is 20.1. The van der Waals surface area contributed by atoms with E-state index in [1.165, 1.54) is 14.2 Å². The lowest BCUT2D eigenvalue weighted by atomic mass is 10.1. The van der Waals surface area contributed by atoms with Crippen molar-refractivity contribution >= 4 is 46.4 Å². The van der Waals surface area contributed by atoms with E-state index in [9.17, 15) is 14.4 Å². The highest BCUT2D eigenvalue weighted by Gasteiger charge is 2.39. The summed E-state index contributed by atoms with van der Waals surface area (Å²) in [7, 11) is 3.04. The van der Waals surface area contributed by atoms with E-state index in [1.54, 1.807) is 48.5 Å². The summed E-state index contributed by atoms with van der Waals surface area (Å²) < 4.78 is 10.5. The van der Waals surface area contributed by atoms with Gasteiger partial charge in [0.25, 0.3) is 17.7 Å². The molecule has 3 aromatic carbocycles. The van der Waals surface area contributed by atoms with E-state index in [0.29, 0.717) is 34.1 Å².